The van der Waals surface area contributed by atoms with Crippen LogP contribution < -0.4 is 10.1 Å². The Balaban J connectivity index is 2.77. The van der Waals surface area contributed by atoms with Crippen LogP contribution in [0.2, 0.25) is 5.02 Å². The highest BCUT2D eigenvalue weighted by Gasteiger charge is 2.08. The first-order valence-electron chi connectivity index (χ1n) is 5.21. The monoisotopic (exact) mass is 227 g/mol. The molecule has 0 saturated heterocycles. The molecule has 2 nitrogen and oxygen atoms in total. The number of hydrogen-bond donors (Lipinski definition) is 1. The van der Waals surface area contributed by atoms with Crippen LogP contribution in [0.5, 0.6) is 5.75 Å². The molecule has 0 fully saturated rings. The number of rotatable bonds is 5. The summed E-state index contributed by atoms with van der Waals surface area (Å²) in [6.45, 7) is 2.17. The fourth-order valence-corrected chi connectivity index (χ4v) is 1.78. The Morgan fingerprint density at radius 1 is 1.47 bits per heavy atom. The lowest BCUT2D eigenvalue weighted by atomic mass is 10.0. The molecule has 1 N–H and O–H groups in total. The van der Waals surface area contributed by atoms with Gasteiger partial charge >= 0.3 is 0 Å². The van der Waals surface area contributed by atoms with Gasteiger partial charge in [-0.3, -0.25) is 0 Å². The Bertz CT molecular complexity index is 310. The highest BCUT2D eigenvalue weighted by Crippen LogP contribution is 2.23. The molecule has 1 unspecified atom stereocenters. The molecule has 15 heavy (non-hydrogen) atoms. The molecule has 0 bridgehead atoms. The number of hydrogen-bond acceptors (Lipinski definition) is 2. The van der Waals surface area contributed by atoms with Crippen LogP contribution in [0.3, 0.4) is 0 Å². The minimum atomic E-state index is 0.482. The SMILES string of the molecule is CCC(Cc1ccc(OC)cc1Cl)NC. The maximum absolute atomic E-state index is 6.16. The molecule has 0 amide bonds. The molecule has 0 heterocycles. The van der Waals surface area contributed by atoms with E-state index in [-0.39, 0.29) is 0 Å². The summed E-state index contributed by atoms with van der Waals surface area (Å²) in [5.74, 6) is 0.807. The highest BCUT2D eigenvalue weighted by molar-refractivity contribution is 6.31. The molecule has 0 aliphatic heterocycles. The lowest BCUT2D eigenvalue weighted by molar-refractivity contribution is 0.414. The van der Waals surface area contributed by atoms with Crippen molar-refractivity contribution < 1.29 is 4.74 Å². The molecule has 84 valence electrons. The summed E-state index contributed by atoms with van der Waals surface area (Å²) >= 11 is 6.16. The first kappa shape index (κ1) is 12.3. The number of nitrogens with one attached hydrogen (secondary N) is 1. The fraction of sp³-hybridized carbons (Fsp3) is 0.500. The average molecular weight is 228 g/mol. The second-order valence-electron chi connectivity index (χ2n) is 3.56. The predicted molar refractivity (Wildman–Crippen MR) is 64.8 cm³/mol. The number of ether oxygens (including phenoxy) is 1. The van der Waals surface area contributed by atoms with Gasteiger partial charge in [0.2, 0.25) is 0 Å². The van der Waals surface area contributed by atoms with Gasteiger partial charge in [0.25, 0.3) is 0 Å². The van der Waals surface area contributed by atoms with Gasteiger partial charge in [-0.1, -0.05) is 24.6 Å². The van der Waals surface area contributed by atoms with E-state index >= 15 is 0 Å². The molecule has 1 aromatic carbocycles. The summed E-state index contributed by atoms with van der Waals surface area (Å²) in [6.07, 6.45) is 2.05. The molecular formula is C12H18ClNO. The van der Waals surface area contributed by atoms with Crippen LogP contribution in [-0.2, 0) is 6.42 Å². The summed E-state index contributed by atoms with van der Waals surface area (Å²) in [6, 6.07) is 6.32. The van der Waals surface area contributed by atoms with Crippen molar-refractivity contribution in [1.82, 2.24) is 5.32 Å². The molecule has 0 aliphatic rings. The van der Waals surface area contributed by atoms with Crippen molar-refractivity contribution in [2.24, 2.45) is 0 Å². The number of halogens is 1. The molecule has 0 radical (unpaired) electrons. The zero-order valence-corrected chi connectivity index (χ0v) is 10.3. The Morgan fingerprint density at radius 2 is 2.20 bits per heavy atom. The third kappa shape index (κ3) is 3.40. The van der Waals surface area contributed by atoms with Crippen molar-refractivity contribution in [3.05, 3.63) is 28.8 Å². The van der Waals surface area contributed by atoms with Crippen LogP contribution in [0, 0.1) is 0 Å². The number of methoxy groups -OCH3 is 1. The summed E-state index contributed by atoms with van der Waals surface area (Å²) in [7, 11) is 3.62. The Labute approximate surface area is 96.6 Å². The Hall–Kier alpha value is -0.730. The van der Waals surface area contributed by atoms with E-state index in [0.29, 0.717) is 6.04 Å². The highest BCUT2D eigenvalue weighted by atomic mass is 35.5. The van der Waals surface area contributed by atoms with E-state index in [0.717, 1.165) is 23.6 Å². The van der Waals surface area contributed by atoms with E-state index in [1.54, 1.807) is 7.11 Å². The van der Waals surface area contributed by atoms with Crippen molar-refractivity contribution in [1.29, 1.82) is 0 Å². The van der Waals surface area contributed by atoms with Crippen LogP contribution in [0.25, 0.3) is 0 Å². The summed E-state index contributed by atoms with van der Waals surface area (Å²) < 4.78 is 5.11. The third-order valence-electron chi connectivity index (χ3n) is 2.63. The molecule has 0 aromatic heterocycles. The van der Waals surface area contributed by atoms with Gasteiger partial charge < -0.3 is 10.1 Å². The maximum Gasteiger partial charge on any atom is 0.120 e. The van der Waals surface area contributed by atoms with E-state index in [1.165, 1.54) is 5.56 Å². The standard InChI is InChI=1S/C12H18ClNO/c1-4-10(14-2)7-9-5-6-11(15-3)8-12(9)13/h5-6,8,10,14H,4,7H2,1-3H3. The van der Waals surface area contributed by atoms with Gasteiger partial charge in [0.05, 0.1) is 7.11 Å². The van der Waals surface area contributed by atoms with Gasteiger partial charge in [-0.05, 0) is 37.6 Å². The van der Waals surface area contributed by atoms with E-state index < -0.39 is 0 Å². The molecular weight excluding hydrogens is 210 g/mol. The van der Waals surface area contributed by atoms with Crippen molar-refractivity contribution in [2.75, 3.05) is 14.2 Å². The maximum atomic E-state index is 6.16. The molecule has 1 aromatic rings. The van der Waals surface area contributed by atoms with Crippen LogP contribution in [-0.4, -0.2) is 20.2 Å². The van der Waals surface area contributed by atoms with Gasteiger partial charge in [-0.2, -0.15) is 0 Å². The van der Waals surface area contributed by atoms with E-state index in [9.17, 15) is 0 Å². The van der Waals surface area contributed by atoms with E-state index in [2.05, 4.69) is 12.2 Å². The van der Waals surface area contributed by atoms with E-state index in [1.807, 2.05) is 25.2 Å². The van der Waals surface area contributed by atoms with Gasteiger partial charge in [0.15, 0.2) is 0 Å². The van der Waals surface area contributed by atoms with Gasteiger partial charge in [0, 0.05) is 11.1 Å². The molecule has 3 heteroatoms. The van der Waals surface area contributed by atoms with Crippen LogP contribution >= 0.6 is 11.6 Å². The normalized spacial score (nSPS) is 12.5. The molecule has 0 saturated carbocycles. The lowest BCUT2D eigenvalue weighted by Gasteiger charge is -2.15. The second-order valence-corrected chi connectivity index (χ2v) is 3.96. The van der Waals surface area contributed by atoms with Gasteiger partial charge in [0.1, 0.15) is 5.75 Å². The van der Waals surface area contributed by atoms with Gasteiger partial charge in [-0.15, -0.1) is 0 Å². The molecule has 1 rings (SSSR count). The third-order valence-corrected chi connectivity index (χ3v) is 2.98. The topological polar surface area (TPSA) is 21.3 Å². The lowest BCUT2D eigenvalue weighted by Crippen LogP contribution is -2.26. The quantitative estimate of drug-likeness (QED) is 0.835. The zero-order valence-electron chi connectivity index (χ0n) is 9.51. The minimum Gasteiger partial charge on any atom is -0.497 e. The van der Waals surface area contributed by atoms with Crippen molar-refractivity contribution >= 4 is 11.6 Å². The minimum absolute atomic E-state index is 0.482. The summed E-state index contributed by atoms with van der Waals surface area (Å²) in [4.78, 5) is 0. The van der Waals surface area contributed by atoms with Gasteiger partial charge in [-0.25, -0.2) is 0 Å². The molecule has 0 spiro atoms. The number of likely N-dealkylation sites (N-methyl/N-ethyl adjacent to an activating group) is 1. The van der Waals surface area contributed by atoms with Crippen LogP contribution in [0.1, 0.15) is 18.9 Å². The van der Waals surface area contributed by atoms with E-state index in [4.69, 9.17) is 16.3 Å². The van der Waals surface area contributed by atoms with Crippen LogP contribution in [0.4, 0.5) is 0 Å². The predicted octanol–water partition coefficient (Wildman–Crippen LogP) is 2.89. The fourth-order valence-electron chi connectivity index (χ4n) is 1.54. The molecule has 1 atom stereocenters. The zero-order chi connectivity index (χ0) is 11.3. The Morgan fingerprint density at radius 3 is 2.67 bits per heavy atom. The van der Waals surface area contributed by atoms with Crippen molar-refractivity contribution in [3.8, 4) is 5.75 Å². The Kier molecular flexibility index (Phi) is 4.92. The van der Waals surface area contributed by atoms with Crippen molar-refractivity contribution in [2.45, 2.75) is 25.8 Å². The largest absolute Gasteiger partial charge is 0.497 e. The average Bonchev–Trinajstić information content (AvgIpc) is 2.27. The molecule has 0 aliphatic carbocycles. The van der Waals surface area contributed by atoms with Crippen molar-refractivity contribution in [3.63, 3.8) is 0 Å². The number of benzene rings is 1. The summed E-state index contributed by atoms with van der Waals surface area (Å²) in [5.41, 5.74) is 1.17. The summed E-state index contributed by atoms with van der Waals surface area (Å²) in [5, 5.41) is 4.05. The first-order valence-corrected chi connectivity index (χ1v) is 5.58. The smallest absolute Gasteiger partial charge is 0.120 e. The second kappa shape index (κ2) is 5.99. The van der Waals surface area contributed by atoms with Crippen LogP contribution in [0.15, 0.2) is 18.2 Å². The first-order chi connectivity index (χ1) is 7.21.